The molecule has 0 aliphatic carbocycles. The van der Waals surface area contributed by atoms with Gasteiger partial charge in [-0.3, -0.25) is 4.68 Å². The largest absolute Gasteiger partial charge is 0.350 e. The van der Waals surface area contributed by atoms with E-state index in [-0.39, 0.29) is 34.7 Å². The number of rotatable bonds is 6. The first kappa shape index (κ1) is 29.7. The summed E-state index contributed by atoms with van der Waals surface area (Å²) in [5, 5.41) is 6.98. The summed E-state index contributed by atoms with van der Waals surface area (Å²) < 4.78 is 45.6. The van der Waals surface area contributed by atoms with Crippen LogP contribution in [0.2, 0.25) is 5.02 Å². The molecule has 13 heteroatoms. The van der Waals surface area contributed by atoms with E-state index in [0.29, 0.717) is 48.4 Å². The number of likely N-dealkylation sites (N-methyl/N-ethyl adjacent to an activating group) is 1. The van der Waals surface area contributed by atoms with Crippen LogP contribution in [-0.4, -0.2) is 95.8 Å². The highest BCUT2D eigenvalue weighted by molar-refractivity contribution is 7.92. The zero-order chi connectivity index (χ0) is 31.0. The summed E-state index contributed by atoms with van der Waals surface area (Å²) in [5.41, 5.74) is 2.77. The topological polar surface area (TPSA) is 90.7 Å². The third-order valence-electron chi connectivity index (χ3n) is 8.83. The molecule has 0 saturated carbocycles. The summed E-state index contributed by atoms with van der Waals surface area (Å²) in [5.74, 6) is 0.442. The number of piperazine rings is 1. The van der Waals surface area contributed by atoms with Crippen LogP contribution in [0.3, 0.4) is 0 Å². The van der Waals surface area contributed by atoms with Gasteiger partial charge in [-0.05, 0) is 46.5 Å². The molecule has 10 nitrogen and oxygen atoms in total. The van der Waals surface area contributed by atoms with Crippen molar-refractivity contribution in [2.45, 2.75) is 38.9 Å². The average molecular weight is 627 g/mol. The van der Waals surface area contributed by atoms with Gasteiger partial charge in [0.15, 0.2) is 5.82 Å². The third kappa shape index (κ3) is 4.84. The highest BCUT2D eigenvalue weighted by atomic mass is 35.5. The molecule has 0 spiro atoms. The van der Waals surface area contributed by atoms with Gasteiger partial charge in [0.05, 0.1) is 16.7 Å². The fourth-order valence-corrected chi connectivity index (χ4v) is 7.70. The summed E-state index contributed by atoms with van der Waals surface area (Å²) in [6, 6.07) is 5.37. The Labute approximate surface area is 256 Å². The number of sulfonamides is 1. The van der Waals surface area contributed by atoms with Crippen molar-refractivity contribution in [2.24, 2.45) is 7.05 Å². The number of hydrogen-bond acceptors (Lipinski definition) is 8. The molecule has 4 aromatic rings. The van der Waals surface area contributed by atoms with E-state index >= 15 is 4.39 Å². The Bertz CT molecular complexity index is 1870. The normalized spacial score (nSPS) is 20.4. The highest BCUT2D eigenvalue weighted by Gasteiger charge is 2.38. The number of aromatic nitrogens is 4. The zero-order valence-corrected chi connectivity index (χ0v) is 26.8. The van der Waals surface area contributed by atoms with Crippen molar-refractivity contribution in [3.05, 3.63) is 52.8 Å². The summed E-state index contributed by atoms with van der Waals surface area (Å²) in [4.78, 5) is 16.0. The molecule has 228 valence electrons. The lowest BCUT2D eigenvalue weighted by Gasteiger charge is -2.45. The predicted octanol–water partition coefficient (Wildman–Crippen LogP) is 4.41. The van der Waals surface area contributed by atoms with Gasteiger partial charge in [0, 0.05) is 78.7 Å². The van der Waals surface area contributed by atoms with Gasteiger partial charge in [-0.25, -0.2) is 17.8 Å². The molecule has 0 bridgehead atoms. The summed E-state index contributed by atoms with van der Waals surface area (Å²) in [6.07, 6.45) is 1.75. The lowest BCUT2D eigenvalue weighted by atomic mass is 9.95. The van der Waals surface area contributed by atoms with E-state index in [0.717, 1.165) is 21.9 Å². The second-order valence-corrected chi connectivity index (χ2v) is 14.1. The van der Waals surface area contributed by atoms with Crippen molar-refractivity contribution < 1.29 is 12.8 Å². The first-order valence-corrected chi connectivity index (χ1v) is 16.1. The summed E-state index contributed by atoms with van der Waals surface area (Å²) in [7, 11) is 2.28. The second-order valence-electron chi connectivity index (χ2n) is 11.9. The second kappa shape index (κ2) is 10.7. The third-order valence-corrected chi connectivity index (χ3v) is 10.7. The van der Waals surface area contributed by atoms with Crippen molar-refractivity contribution >= 4 is 55.2 Å². The number of benzene rings is 2. The Balaban J connectivity index is 1.55. The monoisotopic (exact) mass is 626 g/mol. The van der Waals surface area contributed by atoms with Gasteiger partial charge in [0.25, 0.3) is 0 Å². The molecule has 2 fully saturated rings. The van der Waals surface area contributed by atoms with Gasteiger partial charge >= 0.3 is 0 Å². The first-order valence-electron chi connectivity index (χ1n) is 14.3. The number of anilines is 2. The average Bonchev–Trinajstić information content (AvgIpc) is 3.30. The Hall–Kier alpha value is -3.32. The molecular formula is C30H36ClFN8O2S. The van der Waals surface area contributed by atoms with Crippen LogP contribution >= 0.6 is 11.6 Å². The van der Waals surface area contributed by atoms with E-state index in [9.17, 15) is 8.42 Å². The molecule has 2 aromatic carbocycles. The molecule has 4 heterocycles. The lowest BCUT2D eigenvalue weighted by molar-refractivity contribution is 0.245. The quantitative estimate of drug-likeness (QED) is 0.311. The van der Waals surface area contributed by atoms with Crippen molar-refractivity contribution in [3.63, 3.8) is 0 Å². The summed E-state index contributed by atoms with van der Waals surface area (Å²) >= 11 is 6.95. The van der Waals surface area contributed by atoms with E-state index in [1.807, 2.05) is 63.8 Å². The fourth-order valence-electron chi connectivity index (χ4n) is 6.23. The van der Waals surface area contributed by atoms with Gasteiger partial charge in [-0.15, -0.1) is 0 Å². The number of hydrogen-bond donors (Lipinski definition) is 0. The number of nitrogens with zero attached hydrogens (tertiary/aromatic N) is 8. The highest BCUT2D eigenvalue weighted by Crippen LogP contribution is 2.43. The van der Waals surface area contributed by atoms with Crippen LogP contribution in [0.5, 0.6) is 0 Å². The lowest BCUT2D eigenvalue weighted by Crippen LogP contribution is -2.59. The molecule has 2 saturated heterocycles. The molecule has 6 rings (SSSR count). The SMILES string of the molecule is C=CS(=O)(=O)N1C[C@H](C)N(c2nc(N3CC(N(C)C)C3)nc3c(F)c(-c4c(C)ccc5cnn(C)c45)c(Cl)cc23)C[C@H]1C. The molecule has 0 N–H and O–H groups in total. The smallest absolute Gasteiger partial charge is 0.236 e. The van der Waals surface area contributed by atoms with Crippen LogP contribution in [0.4, 0.5) is 16.2 Å². The molecule has 2 aliphatic heterocycles. The Kier molecular flexibility index (Phi) is 7.39. The Morgan fingerprint density at radius 2 is 1.81 bits per heavy atom. The predicted molar refractivity (Wildman–Crippen MR) is 171 cm³/mol. The zero-order valence-electron chi connectivity index (χ0n) is 25.2. The van der Waals surface area contributed by atoms with Crippen molar-refractivity contribution in [1.29, 1.82) is 0 Å². The molecule has 2 aliphatic rings. The molecule has 0 unspecified atom stereocenters. The van der Waals surface area contributed by atoms with Crippen molar-refractivity contribution in [1.82, 2.24) is 29.0 Å². The molecule has 0 radical (unpaired) electrons. The minimum absolute atomic E-state index is 0.173. The van der Waals surface area contributed by atoms with E-state index in [2.05, 4.69) is 16.6 Å². The first-order chi connectivity index (χ1) is 20.3. The molecule has 2 aromatic heterocycles. The molecule has 2 atom stereocenters. The van der Waals surface area contributed by atoms with Gasteiger partial charge in [0.2, 0.25) is 16.0 Å². The maximum Gasteiger partial charge on any atom is 0.236 e. The van der Waals surface area contributed by atoms with E-state index in [1.165, 1.54) is 4.31 Å². The maximum atomic E-state index is 17.0. The van der Waals surface area contributed by atoms with E-state index < -0.39 is 15.8 Å². The molecule has 43 heavy (non-hydrogen) atoms. The molecule has 0 amide bonds. The van der Waals surface area contributed by atoms with Gasteiger partial charge < -0.3 is 14.7 Å². The number of fused-ring (bicyclic) bond motifs is 2. The van der Waals surface area contributed by atoms with Crippen LogP contribution in [0.25, 0.3) is 32.9 Å². The van der Waals surface area contributed by atoms with Crippen molar-refractivity contribution in [3.8, 4) is 11.1 Å². The van der Waals surface area contributed by atoms with Crippen LogP contribution in [-0.2, 0) is 17.1 Å². The van der Waals surface area contributed by atoms with Gasteiger partial charge in [-0.2, -0.15) is 14.4 Å². The minimum Gasteiger partial charge on any atom is -0.350 e. The van der Waals surface area contributed by atoms with Gasteiger partial charge in [-0.1, -0.05) is 30.3 Å². The van der Waals surface area contributed by atoms with Gasteiger partial charge in [0.1, 0.15) is 11.3 Å². The van der Waals surface area contributed by atoms with Crippen LogP contribution < -0.4 is 9.80 Å². The van der Waals surface area contributed by atoms with Crippen LogP contribution in [0, 0.1) is 12.7 Å². The van der Waals surface area contributed by atoms with Crippen LogP contribution in [0.1, 0.15) is 19.4 Å². The van der Waals surface area contributed by atoms with Crippen LogP contribution in [0.15, 0.2) is 36.4 Å². The molecular weight excluding hydrogens is 591 g/mol. The maximum absolute atomic E-state index is 17.0. The standard InChI is InChI=1S/C30H36ClFN8O2S/c1-8-43(41,42)40-14-18(3)39(13-19(40)4)29-22-11-23(31)25(24-17(2)9-10-20-12-33-37(7)28(20)24)26(32)27(22)34-30(35-29)38-15-21(16-38)36(5)6/h8-12,18-19,21H,1,13-16H2,2-7H3/t18-,19+/m0/s1. The Morgan fingerprint density at radius 3 is 2.49 bits per heavy atom. The Morgan fingerprint density at radius 1 is 1.09 bits per heavy atom. The minimum atomic E-state index is -3.62. The fraction of sp³-hybridized carbons (Fsp3) is 0.433. The number of halogens is 2. The summed E-state index contributed by atoms with van der Waals surface area (Å²) in [6.45, 7) is 11.2. The van der Waals surface area contributed by atoms with Crippen molar-refractivity contribution in [2.75, 3.05) is 50.1 Å². The van der Waals surface area contributed by atoms with E-state index in [1.54, 1.807) is 16.9 Å². The number of aryl methyl sites for hydroxylation is 2. The van der Waals surface area contributed by atoms with E-state index in [4.69, 9.17) is 21.6 Å².